The van der Waals surface area contributed by atoms with Crippen LogP contribution in [0, 0.1) is 0 Å². The van der Waals surface area contributed by atoms with E-state index in [2.05, 4.69) is 15.5 Å². The van der Waals surface area contributed by atoms with Gasteiger partial charge >= 0.3 is 0 Å². The molecule has 1 N–H and O–H groups in total. The molecule has 5 aromatic rings. The van der Waals surface area contributed by atoms with Gasteiger partial charge in [0, 0.05) is 29.0 Å². The molecular weight excluding hydrogens is 494 g/mol. The third kappa shape index (κ3) is 5.15. The first-order valence-electron chi connectivity index (χ1n) is 12.2. The molecular formula is C30H27N5O4. The van der Waals surface area contributed by atoms with Crippen LogP contribution in [0.3, 0.4) is 0 Å². The second kappa shape index (κ2) is 11.1. The average molecular weight is 522 g/mol. The fourth-order valence-corrected chi connectivity index (χ4v) is 4.29. The van der Waals surface area contributed by atoms with E-state index in [1.54, 1.807) is 52.1 Å². The van der Waals surface area contributed by atoms with Gasteiger partial charge in [-0.15, -0.1) is 0 Å². The van der Waals surface area contributed by atoms with E-state index in [1.165, 1.54) is 0 Å². The summed E-state index contributed by atoms with van der Waals surface area (Å²) < 4.78 is 18.4. The van der Waals surface area contributed by atoms with Crippen LogP contribution in [0.15, 0.2) is 90.6 Å². The van der Waals surface area contributed by atoms with Gasteiger partial charge in [-0.25, -0.2) is 15.4 Å². The number of carbonyl (C=O) groups excluding carboxylic acids is 1. The van der Waals surface area contributed by atoms with Crippen LogP contribution in [0.4, 0.5) is 0 Å². The lowest BCUT2D eigenvalue weighted by Crippen LogP contribution is -2.20. The predicted molar refractivity (Wildman–Crippen MR) is 150 cm³/mol. The SMILES string of the molecule is COc1cc(-c2cc(C(=O)N/N=C(/C)c3ccc(-n4ccnc4)cc3)c3ccccc3n2)cc(OC)c1OC. The molecule has 2 aromatic heterocycles. The molecule has 9 nitrogen and oxygen atoms in total. The molecule has 2 heterocycles. The minimum absolute atomic E-state index is 0.350. The number of ether oxygens (including phenoxy) is 3. The number of benzene rings is 3. The first-order chi connectivity index (χ1) is 19.0. The number of hydrogen-bond donors (Lipinski definition) is 1. The molecule has 0 aliphatic rings. The smallest absolute Gasteiger partial charge is 0.272 e. The highest BCUT2D eigenvalue weighted by atomic mass is 16.5. The molecule has 0 fully saturated rings. The molecule has 0 radical (unpaired) electrons. The Morgan fingerprint density at radius 1 is 0.923 bits per heavy atom. The summed E-state index contributed by atoms with van der Waals surface area (Å²) in [6.07, 6.45) is 5.34. The van der Waals surface area contributed by atoms with E-state index >= 15 is 0 Å². The van der Waals surface area contributed by atoms with Gasteiger partial charge in [0.25, 0.3) is 5.91 Å². The van der Waals surface area contributed by atoms with Crippen LogP contribution in [-0.4, -0.2) is 47.5 Å². The van der Waals surface area contributed by atoms with Crippen molar-refractivity contribution >= 4 is 22.5 Å². The van der Waals surface area contributed by atoms with Crippen molar-refractivity contribution in [1.82, 2.24) is 20.0 Å². The Hall–Kier alpha value is -5.18. The van der Waals surface area contributed by atoms with Gasteiger partial charge in [0.1, 0.15) is 0 Å². The molecule has 39 heavy (non-hydrogen) atoms. The summed E-state index contributed by atoms with van der Waals surface area (Å²) in [7, 11) is 4.66. The Labute approximate surface area is 225 Å². The fraction of sp³-hybridized carbons (Fsp3) is 0.133. The van der Waals surface area contributed by atoms with Gasteiger partial charge in [0.2, 0.25) is 5.75 Å². The minimum atomic E-state index is -0.350. The zero-order chi connectivity index (χ0) is 27.4. The van der Waals surface area contributed by atoms with E-state index in [-0.39, 0.29) is 5.91 Å². The molecule has 0 unspecified atom stereocenters. The molecule has 3 aromatic carbocycles. The van der Waals surface area contributed by atoms with Crippen molar-refractivity contribution in [2.45, 2.75) is 6.92 Å². The molecule has 0 saturated carbocycles. The maximum atomic E-state index is 13.4. The van der Waals surface area contributed by atoms with Crippen molar-refractivity contribution in [2.24, 2.45) is 5.10 Å². The zero-order valence-corrected chi connectivity index (χ0v) is 22.0. The van der Waals surface area contributed by atoms with Crippen molar-refractivity contribution in [1.29, 1.82) is 0 Å². The Kier molecular flexibility index (Phi) is 7.22. The Morgan fingerprint density at radius 2 is 1.64 bits per heavy atom. The number of rotatable bonds is 8. The van der Waals surface area contributed by atoms with Gasteiger partial charge in [0.05, 0.1) is 50.1 Å². The van der Waals surface area contributed by atoms with Crippen LogP contribution >= 0.6 is 0 Å². The topological polar surface area (TPSA) is 99.9 Å². The van der Waals surface area contributed by atoms with Gasteiger partial charge in [-0.1, -0.05) is 30.3 Å². The summed E-state index contributed by atoms with van der Waals surface area (Å²) in [6.45, 7) is 1.85. The number of aromatic nitrogens is 3. The molecule has 0 spiro atoms. The second-order valence-electron chi connectivity index (χ2n) is 8.64. The van der Waals surface area contributed by atoms with Crippen molar-refractivity contribution < 1.29 is 19.0 Å². The average Bonchev–Trinajstić information content (AvgIpc) is 3.53. The monoisotopic (exact) mass is 521 g/mol. The minimum Gasteiger partial charge on any atom is -0.493 e. The quantitative estimate of drug-likeness (QED) is 0.221. The summed E-state index contributed by atoms with van der Waals surface area (Å²) in [4.78, 5) is 22.3. The van der Waals surface area contributed by atoms with E-state index < -0.39 is 0 Å². The third-order valence-electron chi connectivity index (χ3n) is 6.33. The number of pyridine rings is 1. The maximum absolute atomic E-state index is 13.4. The molecule has 0 saturated heterocycles. The van der Waals surface area contributed by atoms with Crippen LogP contribution in [0.2, 0.25) is 0 Å². The summed E-state index contributed by atoms with van der Waals surface area (Å²) in [6, 6.07) is 20.7. The number of hydrazone groups is 1. The van der Waals surface area contributed by atoms with Crippen LogP contribution in [0.1, 0.15) is 22.8 Å². The fourth-order valence-electron chi connectivity index (χ4n) is 4.29. The molecule has 0 atom stereocenters. The highest BCUT2D eigenvalue weighted by Crippen LogP contribution is 2.41. The Balaban J connectivity index is 1.47. The Morgan fingerprint density at radius 3 is 2.28 bits per heavy atom. The van der Waals surface area contributed by atoms with E-state index in [4.69, 9.17) is 19.2 Å². The zero-order valence-electron chi connectivity index (χ0n) is 22.0. The summed E-state index contributed by atoms with van der Waals surface area (Å²) in [5.41, 5.74) is 7.65. The number of nitrogens with one attached hydrogen (secondary N) is 1. The van der Waals surface area contributed by atoms with E-state index in [0.29, 0.717) is 50.7 Å². The largest absolute Gasteiger partial charge is 0.493 e. The summed E-state index contributed by atoms with van der Waals surface area (Å²) in [5, 5.41) is 5.08. The van der Waals surface area contributed by atoms with Gasteiger partial charge in [-0.05, 0) is 48.9 Å². The number of amides is 1. The van der Waals surface area contributed by atoms with Crippen molar-refractivity contribution in [3.63, 3.8) is 0 Å². The number of hydrogen-bond acceptors (Lipinski definition) is 7. The van der Waals surface area contributed by atoms with Crippen LogP contribution in [0.25, 0.3) is 27.8 Å². The van der Waals surface area contributed by atoms with Gasteiger partial charge in [-0.2, -0.15) is 5.10 Å². The standard InChI is InChI=1S/C30H27N5O4/c1-19(20-9-11-22(12-10-20)35-14-13-31-18-35)33-34-30(36)24-17-26(32-25-8-6-5-7-23(24)25)21-15-27(37-2)29(39-4)28(16-21)38-3/h5-18H,1-4H3,(H,34,36)/b33-19-. The first kappa shape index (κ1) is 25.5. The normalized spacial score (nSPS) is 11.3. The summed E-state index contributed by atoms with van der Waals surface area (Å²) in [5.74, 6) is 1.11. The lowest BCUT2D eigenvalue weighted by molar-refractivity contribution is 0.0956. The van der Waals surface area contributed by atoms with Crippen molar-refractivity contribution in [3.05, 3.63) is 96.6 Å². The molecule has 1 amide bonds. The van der Waals surface area contributed by atoms with Crippen LogP contribution in [0.5, 0.6) is 17.2 Å². The lowest BCUT2D eigenvalue weighted by atomic mass is 10.0. The van der Waals surface area contributed by atoms with Crippen molar-refractivity contribution in [3.8, 4) is 34.2 Å². The molecule has 0 bridgehead atoms. The lowest BCUT2D eigenvalue weighted by Gasteiger charge is -2.15. The highest BCUT2D eigenvalue weighted by molar-refractivity contribution is 6.08. The maximum Gasteiger partial charge on any atom is 0.272 e. The van der Waals surface area contributed by atoms with E-state index in [9.17, 15) is 4.79 Å². The number of nitrogens with zero attached hydrogens (tertiary/aromatic N) is 4. The van der Waals surface area contributed by atoms with E-state index in [1.807, 2.05) is 66.2 Å². The Bertz CT molecular complexity index is 1640. The van der Waals surface area contributed by atoms with Gasteiger partial charge < -0.3 is 18.8 Å². The molecule has 9 heteroatoms. The number of imidazole rings is 1. The predicted octanol–water partition coefficient (Wildman–Crippen LogP) is 5.27. The van der Waals surface area contributed by atoms with Gasteiger partial charge in [0.15, 0.2) is 11.5 Å². The highest BCUT2D eigenvalue weighted by Gasteiger charge is 2.18. The molecule has 196 valence electrons. The second-order valence-corrected chi connectivity index (χ2v) is 8.64. The third-order valence-corrected chi connectivity index (χ3v) is 6.33. The first-order valence-corrected chi connectivity index (χ1v) is 12.2. The molecule has 0 aliphatic heterocycles. The molecule has 0 aliphatic carbocycles. The van der Waals surface area contributed by atoms with E-state index in [0.717, 1.165) is 11.3 Å². The molecule has 5 rings (SSSR count). The number of methoxy groups -OCH3 is 3. The number of carbonyl (C=O) groups is 1. The summed E-state index contributed by atoms with van der Waals surface area (Å²) >= 11 is 0. The van der Waals surface area contributed by atoms with Gasteiger partial charge in [-0.3, -0.25) is 4.79 Å². The van der Waals surface area contributed by atoms with Crippen LogP contribution < -0.4 is 19.6 Å². The van der Waals surface area contributed by atoms with Crippen molar-refractivity contribution in [2.75, 3.05) is 21.3 Å². The van der Waals surface area contributed by atoms with Crippen LogP contribution in [-0.2, 0) is 0 Å². The number of para-hydroxylation sites is 1. The number of fused-ring (bicyclic) bond motifs is 1.